The summed E-state index contributed by atoms with van der Waals surface area (Å²) in [5.41, 5.74) is -1.26. The van der Waals surface area contributed by atoms with Crippen LogP contribution in [0.5, 0.6) is 5.88 Å². The van der Waals surface area contributed by atoms with E-state index < -0.39 is 16.8 Å². The van der Waals surface area contributed by atoms with Gasteiger partial charge in [0.05, 0.1) is 12.1 Å². The number of thiophene rings is 1. The van der Waals surface area contributed by atoms with Crippen molar-refractivity contribution in [3.8, 4) is 5.88 Å². The van der Waals surface area contributed by atoms with Crippen LogP contribution in [0.1, 0.15) is 23.8 Å². The van der Waals surface area contributed by atoms with Gasteiger partial charge in [0, 0.05) is 19.0 Å². The largest absolute Gasteiger partial charge is 0.494 e. The number of rotatable bonds is 4. The smallest absolute Gasteiger partial charge is 0.332 e. The Morgan fingerprint density at radius 2 is 1.89 bits per heavy atom. The van der Waals surface area contributed by atoms with E-state index in [-0.39, 0.29) is 28.4 Å². The van der Waals surface area contributed by atoms with Gasteiger partial charge in [0.15, 0.2) is 11.2 Å². The molecule has 10 heteroatoms. The molecule has 0 aliphatic rings. The Kier molecular flexibility index (Phi) is 4.22. The van der Waals surface area contributed by atoms with E-state index in [1.165, 1.54) is 39.0 Å². The maximum atomic E-state index is 13.1. The zero-order valence-electron chi connectivity index (χ0n) is 15.7. The van der Waals surface area contributed by atoms with Gasteiger partial charge in [-0.15, -0.1) is 11.3 Å². The van der Waals surface area contributed by atoms with Gasteiger partial charge >= 0.3 is 5.69 Å². The van der Waals surface area contributed by atoms with Gasteiger partial charge in [0.1, 0.15) is 0 Å². The monoisotopic (exact) mass is 401 g/mol. The predicted molar refractivity (Wildman–Crippen MR) is 107 cm³/mol. The Morgan fingerprint density at radius 1 is 1.14 bits per heavy atom. The number of fused-ring (bicyclic) bond motifs is 3. The van der Waals surface area contributed by atoms with Crippen LogP contribution in [-0.4, -0.2) is 28.2 Å². The Morgan fingerprint density at radius 3 is 2.54 bits per heavy atom. The maximum absolute atomic E-state index is 13.1. The molecule has 146 valence electrons. The number of hydrogen-bond acceptors (Lipinski definition) is 6. The molecular weight excluding hydrogens is 382 g/mol. The normalized spacial score (nSPS) is 11.7. The third kappa shape index (κ3) is 2.44. The third-order valence-electron chi connectivity index (χ3n) is 4.86. The summed E-state index contributed by atoms with van der Waals surface area (Å²) in [6.07, 6.45) is 1.01. The number of aryl methyl sites for hydroxylation is 1. The van der Waals surface area contributed by atoms with Crippen molar-refractivity contribution in [3.05, 3.63) is 59.1 Å². The summed E-state index contributed by atoms with van der Waals surface area (Å²) in [4.78, 5) is 43.6. The van der Waals surface area contributed by atoms with Crippen LogP contribution in [0.15, 0.2) is 31.9 Å². The van der Waals surface area contributed by atoms with E-state index >= 15 is 0 Å². The minimum Gasteiger partial charge on any atom is -0.494 e. The van der Waals surface area contributed by atoms with Gasteiger partial charge < -0.3 is 5.11 Å². The van der Waals surface area contributed by atoms with Crippen LogP contribution in [0, 0.1) is 0 Å². The molecule has 0 fully saturated rings. The van der Waals surface area contributed by atoms with Crippen molar-refractivity contribution in [2.24, 2.45) is 14.1 Å². The molecule has 0 aliphatic heterocycles. The highest BCUT2D eigenvalue weighted by Crippen LogP contribution is 2.23. The average molecular weight is 401 g/mol. The second-order valence-electron chi connectivity index (χ2n) is 6.65. The average Bonchev–Trinajstić information content (AvgIpc) is 3.33. The highest BCUT2D eigenvalue weighted by molar-refractivity contribution is 7.09. The second-order valence-corrected chi connectivity index (χ2v) is 7.68. The lowest BCUT2D eigenvalue weighted by Gasteiger charge is -2.13. The summed E-state index contributed by atoms with van der Waals surface area (Å²) in [6.45, 7) is 2.20. The van der Waals surface area contributed by atoms with Crippen LogP contribution >= 0.6 is 11.3 Å². The molecule has 4 aromatic heterocycles. The van der Waals surface area contributed by atoms with Crippen LogP contribution in [0.2, 0.25) is 0 Å². The Balaban J connectivity index is 2.24. The number of hydrogen-bond donors (Lipinski definition) is 1. The van der Waals surface area contributed by atoms with Crippen molar-refractivity contribution in [2.75, 3.05) is 0 Å². The predicted octanol–water partition coefficient (Wildman–Crippen LogP) is 0.815. The molecule has 0 bridgehead atoms. The highest BCUT2D eigenvalue weighted by atomic mass is 32.1. The van der Waals surface area contributed by atoms with E-state index in [1.807, 2.05) is 24.4 Å². The van der Waals surface area contributed by atoms with E-state index in [1.54, 1.807) is 0 Å². The fourth-order valence-corrected chi connectivity index (χ4v) is 4.11. The van der Waals surface area contributed by atoms with Crippen molar-refractivity contribution in [3.63, 3.8) is 0 Å². The first kappa shape index (κ1) is 18.2. The number of imidazole rings is 1. The summed E-state index contributed by atoms with van der Waals surface area (Å²) in [5.74, 6) is -0.0334. The molecule has 0 aromatic carbocycles. The van der Waals surface area contributed by atoms with Crippen LogP contribution in [-0.2, 0) is 27.1 Å². The molecule has 0 spiro atoms. The first-order chi connectivity index (χ1) is 13.4. The molecule has 0 saturated carbocycles. The third-order valence-corrected chi connectivity index (χ3v) is 5.72. The molecule has 0 amide bonds. The summed E-state index contributed by atoms with van der Waals surface area (Å²) in [7, 11) is 2.86. The van der Waals surface area contributed by atoms with E-state index in [9.17, 15) is 19.5 Å². The molecule has 0 unspecified atom stereocenters. The molecule has 0 atom stereocenters. The lowest BCUT2D eigenvalue weighted by atomic mass is 10.2. The molecule has 4 heterocycles. The van der Waals surface area contributed by atoms with Crippen molar-refractivity contribution >= 4 is 28.3 Å². The van der Waals surface area contributed by atoms with Crippen molar-refractivity contribution < 1.29 is 5.11 Å². The Labute approximate surface area is 162 Å². The van der Waals surface area contributed by atoms with Crippen LogP contribution in [0.3, 0.4) is 0 Å². The molecule has 9 nitrogen and oxygen atoms in total. The molecule has 0 aliphatic carbocycles. The topological polar surface area (TPSA) is 104 Å². The van der Waals surface area contributed by atoms with Gasteiger partial charge in [-0.2, -0.15) is 4.98 Å². The van der Waals surface area contributed by atoms with Gasteiger partial charge in [0.25, 0.3) is 11.1 Å². The van der Waals surface area contributed by atoms with Gasteiger partial charge in [-0.25, -0.2) is 9.20 Å². The maximum Gasteiger partial charge on any atom is 0.332 e. The summed E-state index contributed by atoms with van der Waals surface area (Å²) in [5, 5.41) is 12.8. The quantitative estimate of drug-likeness (QED) is 0.545. The van der Waals surface area contributed by atoms with Crippen LogP contribution < -0.4 is 16.8 Å². The van der Waals surface area contributed by atoms with Gasteiger partial charge in [-0.05, 0) is 17.9 Å². The Bertz CT molecular complexity index is 1390. The van der Waals surface area contributed by atoms with Gasteiger partial charge in [0.2, 0.25) is 11.7 Å². The van der Waals surface area contributed by atoms with Crippen LogP contribution in [0.4, 0.5) is 0 Å². The number of aromatic nitrogens is 5. The van der Waals surface area contributed by atoms with E-state index in [4.69, 9.17) is 0 Å². The summed E-state index contributed by atoms with van der Waals surface area (Å²) >= 11 is 1.51. The first-order valence-corrected chi connectivity index (χ1v) is 9.70. The first-order valence-electron chi connectivity index (χ1n) is 8.82. The Hall–Kier alpha value is -3.14. The standard InChI is InChI=1S/C18H19N5O4S/c1-4-6-11-14(24)22(9-10-7-5-8-28-10)17-19-13-12(23(17)15(11)25)16(26)21(3)18(27)20(13)2/h5,7-8,24H,4,6,9H2,1-3H3. The molecule has 4 rings (SSSR count). The second kappa shape index (κ2) is 6.48. The minimum atomic E-state index is -0.599. The highest BCUT2D eigenvalue weighted by Gasteiger charge is 2.23. The minimum absolute atomic E-state index is 0.0295. The van der Waals surface area contributed by atoms with Crippen LogP contribution in [0.25, 0.3) is 16.9 Å². The van der Waals surface area contributed by atoms with E-state index in [0.717, 1.165) is 9.44 Å². The summed E-state index contributed by atoms with van der Waals surface area (Å²) < 4.78 is 4.92. The zero-order valence-corrected chi connectivity index (χ0v) is 16.5. The van der Waals surface area contributed by atoms with Crippen molar-refractivity contribution in [1.29, 1.82) is 0 Å². The summed E-state index contributed by atoms with van der Waals surface area (Å²) in [6, 6.07) is 3.81. The molecular formula is C18H19N5O4S. The lowest BCUT2D eigenvalue weighted by molar-refractivity contribution is 0.411. The fourth-order valence-electron chi connectivity index (χ4n) is 3.42. The molecule has 0 radical (unpaired) electrons. The van der Waals surface area contributed by atoms with E-state index in [0.29, 0.717) is 19.4 Å². The molecule has 1 N–H and O–H groups in total. The zero-order chi connectivity index (χ0) is 20.2. The number of nitrogens with zero attached hydrogens (tertiary/aromatic N) is 5. The number of aromatic hydroxyl groups is 1. The lowest BCUT2D eigenvalue weighted by Crippen LogP contribution is -2.38. The molecule has 0 saturated heterocycles. The van der Waals surface area contributed by atoms with Crippen molar-refractivity contribution in [1.82, 2.24) is 23.1 Å². The van der Waals surface area contributed by atoms with E-state index in [2.05, 4.69) is 4.98 Å². The SMILES string of the molecule is CCCc1c(O)n(Cc2cccs2)c2nc3c(c(=O)n(C)c(=O)n3C)n2c1=O. The van der Waals surface area contributed by atoms with Crippen molar-refractivity contribution in [2.45, 2.75) is 26.3 Å². The molecule has 28 heavy (non-hydrogen) atoms. The fraction of sp³-hybridized carbons (Fsp3) is 0.333. The molecule has 4 aromatic rings. The van der Waals surface area contributed by atoms with Gasteiger partial charge in [-0.1, -0.05) is 19.4 Å². The van der Waals surface area contributed by atoms with Gasteiger partial charge in [-0.3, -0.25) is 23.3 Å².